The Morgan fingerprint density at radius 1 is 1.40 bits per heavy atom. The van der Waals surface area contributed by atoms with Gasteiger partial charge in [0.25, 0.3) is 0 Å². The minimum atomic E-state index is -0.486. The Morgan fingerprint density at radius 2 is 2.08 bits per heavy atom. The maximum absolute atomic E-state index is 12.3. The van der Waals surface area contributed by atoms with Crippen LogP contribution in [0.15, 0.2) is 12.1 Å². The molecule has 1 heterocycles. The summed E-state index contributed by atoms with van der Waals surface area (Å²) in [6, 6.07) is 5.84. The fraction of sp³-hybridized carbons (Fsp3) is 0.579. The second-order valence-corrected chi connectivity index (χ2v) is 7.72. The van der Waals surface area contributed by atoms with E-state index >= 15 is 0 Å². The zero-order valence-electron chi connectivity index (χ0n) is 15.8. The van der Waals surface area contributed by atoms with Gasteiger partial charge in [0.05, 0.1) is 11.6 Å². The van der Waals surface area contributed by atoms with E-state index in [1.807, 2.05) is 40.7 Å². The van der Waals surface area contributed by atoms with Crippen LogP contribution < -0.4 is 5.73 Å². The predicted molar refractivity (Wildman–Crippen MR) is 98.0 cm³/mol. The van der Waals surface area contributed by atoms with Crippen molar-refractivity contribution in [1.82, 2.24) is 9.80 Å². The highest BCUT2D eigenvalue weighted by Crippen LogP contribution is 2.22. The number of rotatable bonds is 2. The molecule has 2 rings (SSSR count). The average molecular weight is 344 g/mol. The summed E-state index contributed by atoms with van der Waals surface area (Å²) in [6.07, 6.45) is -0.258. The lowest BCUT2D eigenvalue weighted by Crippen LogP contribution is -2.54. The number of hydrogen-bond donors (Lipinski definition) is 1. The zero-order chi connectivity index (χ0) is 18.8. The molecule has 1 aliphatic rings. The summed E-state index contributed by atoms with van der Waals surface area (Å²) in [7, 11) is 0. The number of anilines is 1. The zero-order valence-corrected chi connectivity index (χ0v) is 15.8. The molecular formula is C19H28N4O2. The molecule has 1 amide bonds. The summed E-state index contributed by atoms with van der Waals surface area (Å²) in [6.45, 7) is 12.5. The number of piperazine rings is 1. The largest absolute Gasteiger partial charge is 0.444 e. The molecule has 6 nitrogen and oxygen atoms in total. The van der Waals surface area contributed by atoms with Crippen molar-refractivity contribution in [3.05, 3.63) is 28.8 Å². The number of nitrogens with zero attached hydrogens (tertiary/aromatic N) is 3. The molecule has 136 valence electrons. The molecule has 1 aromatic carbocycles. The van der Waals surface area contributed by atoms with Gasteiger partial charge in [-0.3, -0.25) is 4.90 Å². The van der Waals surface area contributed by atoms with Gasteiger partial charge in [-0.05, 0) is 57.9 Å². The van der Waals surface area contributed by atoms with E-state index in [2.05, 4.69) is 11.0 Å². The van der Waals surface area contributed by atoms with Gasteiger partial charge < -0.3 is 15.4 Å². The number of carbonyl (C=O) groups is 1. The molecule has 1 aliphatic heterocycles. The molecule has 1 atom stereocenters. The van der Waals surface area contributed by atoms with Gasteiger partial charge >= 0.3 is 6.09 Å². The lowest BCUT2D eigenvalue weighted by Gasteiger charge is -2.40. The van der Waals surface area contributed by atoms with Gasteiger partial charge in [-0.1, -0.05) is 0 Å². The monoisotopic (exact) mass is 344 g/mol. The van der Waals surface area contributed by atoms with Crippen LogP contribution in [0.4, 0.5) is 10.5 Å². The Kier molecular flexibility index (Phi) is 5.58. The normalized spacial score (nSPS) is 18.7. The number of nitriles is 1. The molecule has 6 heteroatoms. The summed E-state index contributed by atoms with van der Waals surface area (Å²) in [5.74, 6) is 0. The van der Waals surface area contributed by atoms with Crippen LogP contribution in [0.3, 0.4) is 0 Å². The average Bonchev–Trinajstić information content (AvgIpc) is 2.49. The van der Waals surface area contributed by atoms with Crippen LogP contribution >= 0.6 is 0 Å². The van der Waals surface area contributed by atoms with Crippen molar-refractivity contribution in [2.45, 2.75) is 52.8 Å². The highest BCUT2D eigenvalue weighted by atomic mass is 16.6. The molecule has 1 fully saturated rings. The van der Waals surface area contributed by atoms with Crippen molar-refractivity contribution >= 4 is 11.8 Å². The summed E-state index contributed by atoms with van der Waals surface area (Å²) in [5, 5.41) is 9.14. The number of hydrogen-bond acceptors (Lipinski definition) is 5. The number of benzene rings is 1. The van der Waals surface area contributed by atoms with Gasteiger partial charge in [0.1, 0.15) is 5.60 Å². The second-order valence-electron chi connectivity index (χ2n) is 7.72. The van der Waals surface area contributed by atoms with Gasteiger partial charge in [0, 0.05) is 37.9 Å². The van der Waals surface area contributed by atoms with Crippen molar-refractivity contribution in [2.75, 3.05) is 25.4 Å². The van der Waals surface area contributed by atoms with Crippen LogP contribution in [-0.4, -0.2) is 47.2 Å². The van der Waals surface area contributed by atoms with Gasteiger partial charge in [-0.2, -0.15) is 5.26 Å². The number of amides is 1. The highest BCUT2D eigenvalue weighted by molar-refractivity contribution is 5.68. The van der Waals surface area contributed by atoms with Crippen molar-refractivity contribution in [3.63, 3.8) is 0 Å². The molecule has 0 unspecified atom stereocenters. The van der Waals surface area contributed by atoms with E-state index in [4.69, 9.17) is 15.7 Å². The van der Waals surface area contributed by atoms with E-state index in [0.29, 0.717) is 17.8 Å². The first-order chi connectivity index (χ1) is 11.6. The van der Waals surface area contributed by atoms with Crippen molar-refractivity contribution in [1.29, 1.82) is 5.26 Å². The SMILES string of the molecule is Cc1c(N)cc(C#N)cc1CN1CCN(C(=O)OC(C)(C)C)[C@@H](C)C1. The van der Waals surface area contributed by atoms with Gasteiger partial charge in [-0.25, -0.2) is 4.79 Å². The topological polar surface area (TPSA) is 82.6 Å². The van der Waals surface area contributed by atoms with Crippen molar-refractivity contribution < 1.29 is 9.53 Å². The smallest absolute Gasteiger partial charge is 0.410 e. The second kappa shape index (κ2) is 7.32. The fourth-order valence-electron chi connectivity index (χ4n) is 3.04. The molecule has 0 saturated carbocycles. The number of nitrogens with two attached hydrogens (primary N) is 1. The van der Waals surface area contributed by atoms with Gasteiger partial charge in [0.2, 0.25) is 0 Å². The first-order valence-corrected chi connectivity index (χ1v) is 8.62. The molecule has 2 N–H and O–H groups in total. The van der Waals surface area contributed by atoms with Crippen LogP contribution in [-0.2, 0) is 11.3 Å². The summed E-state index contributed by atoms with van der Waals surface area (Å²) >= 11 is 0. The molecule has 1 aromatic rings. The van der Waals surface area contributed by atoms with Crippen LogP contribution in [0, 0.1) is 18.3 Å². The van der Waals surface area contributed by atoms with E-state index in [1.54, 1.807) is 11.0 Å². The maximum atomic E-state index is 12.3. The molecular weight excluding hydrogens is 316 g/mol. The Bertz CT molecular complexity index is 688. The molecule has 25 heavy (non-hydrogen) atoms. The van der Waals surface area contributed by atoms with Crippen molar-refractivity contribution in [2.24, 2.45) is 0 Å². The van der Waals surface area contributed by atoms with Gasteiger partial charge in [-0.15, -0.1) is 0 Å². The Balaban J connectivity index is 2.04. The summed E-state index contributed by atoms with van der Waals surface area (Å²) in [4.78, 5) is 16.4. The Morgan fingerprint density at radius 3 is 2.64 bits per heavy atom. The summed E-state index contributed by atoms with van der Waals surface area (Å²) < 4.78 is 5.48. The minimum absolute atomic E-state index is 0.0698. The first-order valence-electron chi connectivity index (χ1n) is 8.62. The van der Waals surface area contributed by atoms with Crippen LogP contribution in [0.1, 0.15) is 44.4 Å². The molecule has 0 spiro atoms. The summed E-state index contributed by atoms with van der Waals surface area (Å²) in [5.41, 5.74) is 8.83. The fourth-order valence-corrected chi connectivity index (χ4v) is 3.04. The maximum Gasteiger partial charge on any atom is 0.410 e. The Hall–Kier alpha value is -2.26. The van der Waals surface area contributed by atoms with Crippen molar-refractivity contribution in [3.8, 4) is 6.07 Å². The van der Waals surface area contributed by atoms with E-state index in [0.717, 1.165) is 30.8 Å². The number of nitrogen functional groups attached to an aromatic ring is 1. The quantitative estimate of drug-likeness (QED) is 0.834. The predicted octanol–water partition coefficient (Wildman–Crippen LogP) is 2.89. The van der Waals surface area contributed by atoms with Gasteiger partial charge in [0.15, 0.2) is 0 Å². The molecule has 0 radical (unpaired) electrons. The first kappa shape index (κ1) is 19.1. The van der Waals surface area contributed by atoms with Crippen LogP contribution in [0.25, 0.3) is 0 Å². The third-order valence-corrected chi connectivity index (χ3v) is 4.42. The lowest BCUT2D eigenvalue weighted by molar-refractivity contribution is 0.000542. The van der Waals surface area contributed by atoms with E-state index in [1.165, 1.54) is 0 Å². The standard InChI is InChI=1S/C19H28N4O2/c1-13-11-22(6-7-23(13)18(24)25-19(3,4)5)12-16-8-15(10-20)9-17(21)14(16)2/h8-9,13H,6-7,11-12,21H2,1-5H3/t13-/m0/s1. The highest BCUT2D eigenvalue weighted by Gasteiger charge is 2.30. The minimum Gasteiger partial charge on any atom is -0.444 e. The molecule has 0 aromatic heterocycles. The molecule has 1 saturated heterocycles. The van der Waals surface area contributed by atoms with E-state index < -0.39 is 5.60 Å². The van der Waals surface area contributed by atoms with E-state index in [9.17, 15) is 4.79 Å². The van der Waals surface area contributed by atoms with Crippen LogP contribution in [0.2, 0.25) is 0 Å². The number of ether oxygens (including phenoxy) is 1. The Labute approximate surface area is 150 Å². The third-order valence-electron chi connectivity index (χ3n) is 4.42. The molecule has 0 aliphatic carbocycles. The number of carbonyl (C=O) groups excluding carboxylic acids is 1. The third kappa shape index (κ3) is 4.86. The molecule has 0 bridgehead atoms. The van der Waals surface area contributed by atoms with Crippen LogP contribution in [0.5, 0.6) is 0 Å². The van der Waals surface area contributed by atoms with E-state index in [-0.39, 0.29) is 12.1 Å². The lowest BCUT2D eigenvalue weighted by atomic mass is 10.0.